The summed E-state index contributed by atoms with van der Waals surface area (Å²) in [6, 6.07) is 0. The first kappa shape index (κ1) is 21.7. The van der Waals surface area contributed by atoms with E-state index in [-0.39, 0.29) is 6.61 Å². The van der Waals surface area contributed by atoms with E-state index in [1.807, 2.05) is 6.55 Å². The smallest absolute Gasteiger partial charge is 0.342 e. The van der Waals surface area contributed by atoms with Crippen molar-refractivity contribution in [1.29, 1.82) is 0 Å². The summed E-state index contributed by atoms with van der Waals surface area (Å²) in [4.78, 5) is 0. The summed E-state index contributed by atoms with van der Waals surface area (Å²) >= 11 is 0. The molecule has 0 aliphatic carbocycles. The van der Waals surface area contributed by atoms with Crippen molar-refractivity contribution in [2.24, 2.45) is 0 Å². The third-order valence-corrected chi connectivity index (χ3v) is 15.2. The molecule has 1 atom stereocenters. The lowest BCUT2D eigenvalue weighted by atomic mass is 10.8. The monoisotopic (exact) mass is 370 g/mol. The van der Waals surface area contributed by atoms with Gasteiger partial charge in [0.15, 0.2) is 16.6 Å². The van der Waals surface area contributed by atoms with E-state index in [9.17, 15) is 0 Å². The summed E-state index contributed by atoms with van der Waals surface area (Å²) in [5.41, 5.74) is 0. The molecule has 5 nitrogen and oxygen atoms in total. The molecule has 0 aliphatic rings. The van der Waals surface area contributed by atoms with Crippen LogP contribution in [0, 0.1) is 0 Å². The minimum Gasteiger partial charge on any atom is -0.437 e. The summed E-state index contributed by atoms with van der Waals surface area (Å²) in [6.45, 7) is 19.5. The van der Waals surface area contributed by atoms with E-state index in [0.29, 0.717) is 12.8 Å². The Kier molecular flexibility index (Phi) is 8.23. The highest BCUT2D eigenvalue weighted by Crippen LogP contribution is 2.24. The van der Waals surface area contributed by atoms with Crippen LogP contribution in [0.4, 0.5) is 0 Å². The normalized spacial score (nSPS) is 16.9. The molecule has 21 heavy (non-hydrogen) atoms. The Hall–Kier alpha value is 0.668. The average Bonchev–Trinajstić information content (AvgIpc) is 2.08. The third-order valence-electron chi connectivity index (χ3n) is 2.14. The summed E-state index contributed by atoms with van der Waals surface area (Å²) in [5.74, 6) is 0. The minimum absolute atomic E-state index is 0.0175. The van der Waals surface area contributed by atoms with E-state index in [1.54, 1.807) is 0 Å². The van der Waals surface area contributed by atoms with Crippen LogP contribution in [-0.4, -0.2) is 58.3 Å². The van der Waals surface area contributed by atoms with Crippen LogP contribution in [0.25, 0.3) is 0 Å². The van der Waals surface area contributed by atoms with Gasteiger partial charge in [-0.05, 0) is 58.9 Å². The molecule has 0 heterocycles. The lowest BCUT2D eigenvalue weighted by Crippen LogP contribution is -2.59. The van der Waals surface area contributed by atoms with Crippen LogP contribution in [0.3, 0.4) is 0 Å². The van der Waals surface area contributed by atoms with E-state index in [1.165, 1.54) is 0 Å². The fraction of sp³-hybridized carbons (Fsp3) is 1.00. The van der Waals surface area contributed by atoms with Crippen molar-refractivity contribution in [2.75, 3.05) is 19.4 Å². The Balaban J connectivity index is 4.95. The van der Waals surface area contributed by atoms with Gasteiger partial charge in [-0.25, -0.2) is 0 Å². The zero-order valence-electron chi connectivity index (χ0n) is 15.2. The van der Waals surface area contributed by atoms with Crippen molar-refractivity contribution in [1.82, 2.24) is 0 Å². The second-order valence-electron chi connectivity index (χ2n) is 7.84. The highest BCUT2D eigenvalue weighted by atomic mass is 28.5. The molecule has 128 valence electrons. The Morgan fingerprint density at radius 1 is 0.714 bits per heavy atom. The first-order chi connectivity index (χ1) is 9.18. The molecule has 0 amide bonds. The quantitative estimate of drug-likeness (QED) is 0.473. The van der Waals surface area contributed by atoms with Gasteiger partial charge in [0.05, 0.1) is 19.4 Å². The molecular weight excluding hydrogens is 336 g/mol. The van der Waals surface area contributed by atoms with Crippen molar-refractivity contribution in [3.05, 3.63) is 0 Å². The maximum atomic E-state index is 8.89. The second-order valence-corrected chi connectivity index (χ2v) is 24.1. The van der Waals surface area contributed by atoms with Crippen molar-refractivity contribution < 1.29 is 22.2 Å². The van der Waals surface area contributed by atoms with Gasteiger partial charge in [0.1, 0.15) is 0 Å². The largest absolute Gasteiger partial charge is 0.437 e. The third kappa shape index (κ3) is 11.8. The van der Waals surface area contributed by atoms with Crippen LogP contribution in [0.15, 0.2) is 0 Å². The van der Waals surface area contributed by atoms with E-state index in [0.717, 1.165) is 0 Å². The SMILES string of the molecule is C[Si](C)(C)O[Si](C)(C)O[Si](C)(COCCO)O[Si](C)(C)C. The van der Waals surface area contributed by atoms with Gasteiger partial charge in [0, 0.05) is 0 Å². The van der Waals surface area contributed by atoms with Crippen LogP contribution in [0.1, 0.15) is 0 Å². The van der Waals surface area contributed by atoms with Gasteiger partial charge in [0.2, 0.25) is 0 Å². The average molecular weight is 371 g/mol. The number of hydrogen-bond acceptors (Lipinski definition) is 5. The van der Waals surface area contributed by atoms with Gasteiger partial charge in [-0.1, -0.05) is 0 Å². The molecule has 0 aromatic heterocycles. The Bertz CT molecular complexity index is 314. The fourth-order valence-corrected chi connectivity index (χ4v) is 19.6. The van der Waals surface area contributed by atoms with Crippen LogP contribution in [-0.2, 0) is 17.1 Å². The predicted molar refractivity (Wildman–Crippen MR) is 97.0 cm³/mol. The number of aliphatic hydroxyl groups is 1. The summed E-state index contributed by atoms with van der Waals surface area (Å²) in [5, 5.41) is 8.89. The van der Waals surface area contributed by atoms with Crippen molar-refractivity contribution in [3.8, 4) is 0 Å². The minimum atomic E-state index is -2.47. The van der Waals surface area contributed by atoms with Crippen molar-refractivity contribution >= 4 is 33.8 Å². The molecular formula is C12H34O5Si4. The molecule has 0 aliphatic heterocycles. The highest BCUT2D eigenvalue weighted by molar-refractivity contribution is 6.89. The lowest BCUT2D eigenvalue weighted by molar-refractivity contribution is 0.104. The zero-order valence-corrected chi connectivity index (χ0v) is 19.2. The molecule has 0 aromatic carbocycles. The maximum absolute atomic E-state index is 8.89. The molecule has 1 N–H and O–H groups in total. The number of aliphatic hydroxyl groups excluding tert-OH is 1. The molecule has 0 rings (SSSR count). The van der Waals surface area contributed by atoms with Gasteiger partial charge in [-0.3, -0.25) is 0 Å². The van der Waals surface area contributed by atoms with E-state index in [2.05, 4.69) is 52.4 Å². The first-order valence-corrected chi connectivity index (χ1v) is 19.6. The Morgan fingerprint density at radius 3 is 1.57 bits per heavy atom. The molecule has 0 aromatic rings. The topological polar surface area (TPSA) is 57.2 Å². The van der Waals surface area contributed by atoms with E-state index < -0.39 is 33.8 Å². The second kappa shape index (κ2) is 7.97. The molecule has 0 saturated carbocycles. The number of hydrogen-bond donors (Lipinski definition) is 1. The maximum Gasteiger partial charge on any atom is 0.342 e. The van der Waals surface area contributed by atoms with Gasteiger partial charge in [0.25, 0.3) is 0 Å². The van der Waals surface area contributed by atoms with Gasteiger partial charge in [-0.2, -0.15) is 0 Å². The number of rotatable bonds is 10. The van der Waals surface area contributed by atoms with Crippen LogP contribution in [0.2, 0.25) is 58.9 Å². The van der Waals surface area contributed by atoms with Crippen LogP contribution < -0.4 is 0 Å². The zero-order chi connectivity index (χ0) is 16.9. The van der Waals surface area contributed by atoms with Gasteiger partial charge >= 0.3 is 17.1 Å². The predicted octanol–water partition coefficient (Wildman–Crippen LogP) is 3.03. The highest BCUT2D eigenvalue weighted by Gasteiger charge is 2.44. The summed E-state index contributed by atoms with van der Waals surface area (Å²) < 4.78 is 24.6. The molecule has 0 radical (unpaired) electrons. The van der Waals surface area contributed by atoms with E-state index in [4.69, 9.17) is 22.2 Å². The van der Waals surface area contributed by atoms with Crippen LogP contribution >= 0.6 is 0 Å². The van der Waals surface area contributed by atoms with Gasteiger partial charge in [-0.15, -0.1) is 0 Å². The van der Waals surface area contributed by atoms with Crippen molar-refractivity contribution in [2.45, 2.75) is 58.9 Å². The van der Waals surface area contributed by atoms with Crippen molar-refractivity contribution in [3.63, 3.8) is 0 Å². The Labute approximate surface area is 134 Å². The molecule has 0 bridgehead atoms. The molecule has 0 fully saturated rings. The molecule has 1 unspecified atom stereocenters. The molecule has 0 saturated heterocycles. The van der Waals surface area contributed by atoms with E-state index >= 15 is 0 Å². The first-order valence-electron chi connectivity index (χ1n) is 7.47. The fourth-order valence-electron chi connectivity index (χ4n) is 2.33. The van der Waals surface area contributed by atoms with Crippen LogP contribution in [0.5, 0.6) is 0 Å². The molecule has 9 heteroatoms. The Morgan fingerprint density at radius 2 is 1.19 bits per heavy atom. The summed E-state index contributed by atoms with van der Waals surface area (Å²) in [7, 11) is -8.12. The molecule has 0 spiro atoms. The van der Waals surface area contributed by atoms with Gasteiger partial charge < -0.3 is 22.2 Å². The number of ether oxygens (including phenoxy) is 1. The summed E-state index contributed by atoms with van der Waals surface area (Å²) in [6.07, 6.45) is 0.434. The standard InChI is InChI=1S/C12H34O5Si4/c1-18(2,3)15-20(7,8)17-21(9,12-14-11-10-13)16-19(4,5)6/h13H,10-12H2,1-9H3. The lowest BCUT2D eigenvalue weighted by Gasteiger charge is -2.41.